The molecule has 0 N–H and O–H groups in total. The zero-order valence-corrected chi connectivity index (χ0v) is 25.9. The van der Waals surface area contributed by atoms with Gasteiger partial charge in [0.05, 0.1) is 0 Å². The molecular weight excluding hydrogens is 613 g/mol. The van der Waals surface area contributed by atoms with E-state index in [9.17, 15) is 0 Å². The zero-order valence-electron chi connectivity index (χ0n) is 24.2. The van der Waals surface area contributed by atoms with E-state index in [-0.39, 0.29) is 14.5 Å². The Morgan fingerprint density at radius 3 is 1.73 bits per heavy atom. The van der Waals surface area contributed by atoms with Crippen LogP contribution in [0.2, 0.25) is 0 Å². The molecule has 3 nitrogen and oxygen atoms in total. The van der Waals surface area contributed by atoms with Gasteiger partial charge in [0.25, 0.3) is 0 Å². The van der Waals surface area contributed by atoms with E-state index in [2.05, 4.69) is 127 Å². The first kappa shape index (κ1) is 26.0. The molecule has 4 heteroatoms. The van der Waals surface area contributed by atoms with Gasteiger partial charge in [0.1, 0.15) is 0 Å². The fraction of sp³-hybridized carbons (Fsp3) is 0. The standard InChI is InChI=1S/C41H25N3Se/c1-3-13-26(14-4-1)29-17-7-10-21-34(29)40-42-39(27-15-5-2-6-16-27)43-41(44-40)35-25-28-23-24-33-31-19-11-12-22-36(31)45-38(33)37(28)32-20-9-8-18-30(32)35/h1-25H. The third kappa shape index (κ3) is 4.38. The summed E-state index contributed by atoms with van der Waals surface area (Å²) < 4.78 is 2.91. The van der Waals surface area contributed by atoms with Crippen molar-refractivity contribution in [2.24, 2.45) is 0 Å². The molecule has 0 unspecified atom stereocenters. The number of rotatable bonds is 4. The molecule has 7 aromatic carbocycles. The van der Waals surface area contributed by atoms with Crippen LogP contribution in [0.5, 0.6) is 0 Å². The Bertz CT molecular complexity index is 2540. The van der Waals surface area contributed by atoms with Crippen LogP contribution in [0.4, 0.5) is 0 Å². The number of aromatic nitrogens is 3. The van der Waals surface area contributed by atoms with Crippen molar-refractivity contribution >= 4 is 55.3 Å². The van der Waals surface area contributed by atoms with Gasteiger partial charge in [-0.1, -0.05) is 18.2 Å². The van der Waals surface area contributed by atoms with Crippen molar-refractivity contribution in [3.8, 4) is 45.3 Å². The van der Waals surface area contributed by atoms with Crippen LogP contribution in [-0.4, -0.2) is 29.5 Å². The van der Waals surface area contributed by atoms with Crippen LogP contribution >= 0.6 is 0 Å². The van der Waals surface area contributed by atoms with Gasteiger partial charge in [-0.05, 0) is 0 Å². The van der Waals surface area contributed by atoms with E-state index in [0.29, 0.717) is 17.5 Å². The van der Waals surface area contributed by atoms with Crippen molar-refractivity contribution < 1.29 is 0 Å². The second-order valence-electron chi connectivity index (χ2n) is 11.2. The molecule has 0 saturated heterocycles. The monoisotopic (exact) mass is 639 g/mol. The Balaban J connectivity index is 1.34. The first-order valence-corrected chi connectivity index (χ1v) is 16.8. The van der Waals surface area contributed by atoms with E-state index in [0.717, 1.165) is 33.2 Å². The predicted molar refractivity (Wildman–Crippen MR) is 189 cm³/mol. The molecule has 9 aromatic rings. The maximum absolute atomic E-state index is 5.23. The van der Waals surface area contributed by atoms with Gasteiger partial charge < -0.3 is 0 Å². The molecule has 2 heterocycles. The Labute approximate surface area is 266 Å². The SMILES string of the molecule is c1ccc(-c2nc(-c3ccccc3-c3ccccc3)nc(-c3cc4ccc5c6ccccc6[se]c5c4c4ccccc34)n2)cc1. The minimum atomic E-state index is 0.248. The van der Waals surface area contributed by atoms with E-state index in [4.69, 9.17) is 15.0 Å². The Morgan fingerprint density at radius 1 is 0.378 bits per heavy atom. The van der Waals surface area contributed by atoms with Gasteiger partial charge in [-0.2, -0.15) is 0 Å². The topological polar surface area (TPSA) is 38.7 Å². The van der Waals surface area contributed by atoms with Crippen LogP contribution in [0.25, 0.3) is 86.1 Å². The predicted octanol–water partition coefficient (Wildman–Crippen LogP) is 10.2. The van der Waals surface area contributed by atoms with Gasteiger partial charge in [-0.25, -0.2) is 0 Å². The summed E-state index contributed by atoms with van der Waals surface area (Å²) in [6.07, 6.45) is 0. The Morgan fingerprint density at radius 2 is 0.956 bits per heavy atom. The Hall–Kier alpha value is -5.41. The van der Waals surface area contributed by atoms with E-state index in [1.54, 1.807) is 0 Å². The average Bonchev–Trinajstić information content (AvgIpc) is 3.50. The van der Waals surface area contributed by atoms with E-state index < -0.39 is 0 Å². The molecule has 9 rings (SSSR count). The zero-order chi connectivity index (χ0) is 29.7. The number of benzene rings is 7. The summed E-state index contributed by atoms with van der Waals surface area (Å²) in [6.45, 7) is 0. The normalized spacial score (nSPS) is 11.6. The fourth-order valence-electron chi connectivity index (χ4n) is 6.44. The summed E-state index contributed by atoms with van der Waals surface area (Å²) in [7, 11) is 0. The summed E-state index contributed by atoms with van der Waals surface area (Å²) in [5.74, 6) is 2.00. The number of nitrogens with zero attached hydrogens (tertiary/aromatic N) is 3. The quantitative estimate of drug-likeness (QED) is 0.142. The van der Waals surface area contributed by atoms with Gasteiger partial charge >= 0.3 is 249 Å². The average molecular weight is 639 g/mol. The van der Waals surface area contributed by atoms with Crippen LogP contribution in [0.1, 0.15) is 0 Å². The number of hydrogen-bond donors (Lipinski definition) is 0. The molecular formula is C41H25N3Se. The van der Waals surface area contributed by atoms with Gasteiger partial charge in [0.15, 0.2) is 0 Å². The van der Waals surface area contributed by atoms with Crippen molar-refractivity contribution in [2.45, 2.75) is 0 Å². The van der Waals surface area contributed by atoms with Crippen LogP contribution < -0.4 is 0 Å². The van der Waals surface area contributed by atoms with Crippen molar-refractivity contribution in [2.75, 3.05) is 0 Å². The summed E-state index contributed by atoms with van der Waals surface area (Å²) >= 11 is 0.248. The molecule has 0 amide bonds. The molecule has 0 atom stereocenters. The van der Waals surface area contributed by atoms with Crippen molar-refractivity contribution in [3.05, 3.63) is 152 Å². The van der Waals surface area contributed by atoms with Gasteiger partial charge in [0.2, 0.25) is 0 Å². The molecule has 0 aliphatic rings. The van der Waals surface area contributed by atoms with Gasteiger partial charge in [-0.15, -0.1) is 0 Å². The van der Waals surface area contributed by atoms with Crippen molar-refractivity contribution in [1.29, 1.82) is 0 Å². The second-order valence-corrected chi connectivity index (χ2v) is 13.4. The third-order valence-electron chi connectivity index (χ3n) is 8.53. The third-order valence-corrected chi connectivity index (χ3v) is 11.1. The van der Waals surface area contributed by atoms with Crippen LogP contribution in [0.15, 0.2) is 152 Å². The molecule has 0 saturated carbocycles. The second kappa shape index (κ2) is 10.6. The molecule has 0 radical (unpaired) electrons. The fourth-order valence-corrected chi connectivity index (χ4v) is 9.11. The van der Waals surface area contributed by atoms with Crippen LogP contribution in [0.3, 0.4) is 0 Å². The first-order chi connectivity index (χ1) is 22.3. The molecule has 0 aliphatic heterocycles. The molecule has 0 fully saturated rings. The molecule has 0 bridgehead atoms. The summed E-state index contributed by atoms with van der Waals surface area (Å²) in [5.41, 5.74) is 5.18. The van der Waals surface area contributed by atoms with Crippen molar-refractivity contribution in [3.63, 3.8) is 0 Å². The van der Waals surface area contributed by atoms with Crippen LogP contribution in [0, 0.1) is 0 Å². The molecule has 0 aliphatic carbocycles. The van der Waals surface area contributed by atoms with E-state index >= 15 is 0 Å². The minimum absolute atomic E-state index is 0.248. The summed E-state index contributed by atoms with van der Waals surface area (Å²) in [4.78, 5) is 15.5. The summed E-state index contributed by atoms with van der Waals surface area (Å²) in [6, 6.07) is 53.5. The van der Waals surface area contributed by atoms with E-state index in [1.807, 2.05) is 24.3 Å². The molecule has 0 spiro atoms. The molecule has 210 valence electrons. The van der Waals surface area contributed by atoms with Gasteiger partial charge in [-0.3, -0.25) is 0 Å². The Kier molecular flexibility index (Phi) is 6.15. The van der Waals surface area contributed by atoms with Crippen LogP contribution in [-0.2, 0) is 0 Å². The van der Waals surface area contributed by atoms with Gasteiger partial charge in [0, 0.05) is 0 Å². The summed E-state index contributed by atoms with van der Waals surface area (Å²) in [5, 5.41) is 7.68. The maximum atomic E-state index is 5.23. The number of fused-ring (bicyclic) bond motifs is 7. The van der Waals surface area contributed by atoms with Crippen molar-refractivity contribution in [1.82, 2.24) is 15.0 Å². The molecule has 45 heavy (non-hydrogen) atoms. The molecule has 2 aromatic heterocycles. The first-order valence-electron chi connectivity index (χ1n) is 15.0. The number of hydrogen-bond acceptors (Lipinski definition) is 3. The van der Waals surface area contributed by atoms with E-state index in [1.165, 1.54) is 35.5 Å².